The van der Waals surface area contributed by atoms with Crippen molar-refractivity contribution in [2.24, 2.45) is 12.0 Å². The van der Waals surface area contributed by atoms with Crippen LogP contribution in [0.25, 0.3) is 11.0 Å². The van der Waals surface area contributed by atoms with Crippen LogP contribution in [0.2, 0.25) is 10.2 Å². The first-order valence-electron chi connectivity index (χ1n) is 7.96. The molecule has 0 saturated carbocycles. The third-order valence-corrected chi connectivity index (χ3v) is 4.81. The summed E-state index contributed by atoms with van der Waals surface area (Å²) in [5, 5.41) is 7.61. The molecule has 3 N–H and O–H groups in total. The summed E-state index contributed by atoms with van der Waals surface area (Å²) in [6, 6.07) is 9.85. The zero-order valence-electron chi connectivity index (χ0n) is 14.1. The molecule has 2 heterocycles. The highest BCUT2D eigenvalue weighted by atomic mass is 35.5. The minimum atomic E-state index is 0.534. The number of aliphatic imine (C=N–C) groups is 1. The summed E-state index contributed by atoms with van der Waals surface area (Å²) in [4.78, 5) is 12.1. The number of nitrogens with one attached hydrogen (secondary N) is 3. The molecule has 0 amide bonds. The van der Waals surface area contributed by atoms with E-state index >= 15 is 0 Å². The van der Waals surface area contributed by atoms with Crippen molar-refractivity contribution < 1.29 is 0 Å². The van der Waals surface area contributed by atoms with Crippen molar-refractivity contribution in [1.29, 1.82) is 0 Å². The molecule has 6 nitrogen and oxygen atoms in total. The van der Waals surface area contributed by atoms with Gasteiger partial charge in [-0.1, -0.05) is 35.3 Å². The van der Waals surface area contributed by atoms with Crippen molar-refractivity contribution in [3.8, 4) is 0 Å². The number of hydrogen-bond acceptors (Lipinski definition) is 2. The fraction of sp³-hybridized carbons (Fsp3) is 0.294. The number of benzene rings is 1. The van der Waals surface area contributed by atoms with Gasteiger partial charge in [0, 0.05) is 32.8 Å². The van der Waals surface area contributed by atoms with Crippen LogP contribution in [0.3, 0.4) is 0 Å². The van der Waals surface area contributed by atoms with Crippen LogP contribution in [0.4, 0.5) is 0 Å². The second-order valence-electron chi connectivity index (χ2n) is 5.64. The Morgan fingerprint density at radius 1 is 1.28 bits per heavy atom. The number of para-hydroxylation sites is 2. The summed E-state index contributed by atoms with van der Waals surface area (Å²) in [7, 11) is 3.62. The lowest BCUT2D eigenvalue weighted by Crippen LogP contribution is -2.38. The fourth-order valence-corrected chi connectivity index (χ4v) is 2.99. The monoisotopic (exact) mass is 378 g/mol. The number of halogens is 2. The van der Waals surface area contributed by atoms with Gasteiger partial charge in [0.05, 0.1) is 22.6 Å². The van der Waals surface area contributed by atoms with Crippen molar-refractivity contribution in [3.63, 3.8) is 0 Å². The predicted octanol–water partition coefficient (Wildman–Crippen LogP) is 3.12. The molecule has 1 aromatic carbocycles. The Balaban J connectivity index is 1.51. The highest BCUT2D eigenvalue weighted by molar-refractivity contribution is 6.41. The van der Waals surface area contributed by atoms with Gasteiger partial charge in [0.2, 0.25) is 0 Å². The number of aromatic nitrogens is 3. The smallest absolute Gasteiger partial charge is 0.191 e. The summed E-state index contributed by atoms with van der Waals surface area (Å²) >= 11 is 12.1. The second kappa shape index (κ2) is 7.80. The van der Waals surface area contributed by atoms with Crippen molar-refractivity contribution in [3.05, 3.63) is 52.0 Å². The number of hydrogen-bond donors (Lipinski definition) is 3. The molecule has 0 fully saturated rings. The summed E-state index contributed by atoms with van der Waals surface area (Å²) < 4.78 is 1.85. The Morgan fingerprint density at radius 3 is 2.76 bits per heavy atom. The molecule has 0 saturated heterocycles. The van der Waals surface area contributed by atoms with Crippen molar-refractivity contribution in [2.75, 3.05) is 13.6 Å². The molecule has 0 aliphatic rings. The van der Waals surface area contributed by atoms with Gasteiger partial charge in [0.1, 0.15) is 11.0 Å². The van der Waals surface area contributed by atoms with E-state index in [4.69, 9.17) is 23.2 Å². The standard InChI is InChI=1S/C17H20Cl2N6/c1-20-17(22-10-11-9-12(18)16(19)25(11)2)21-8-7-15-23-13-5-3-4-6-14(13)24-15/h3-6,9H,7-8,10H2,1-2H3,(H,23,24)(H2,20,21,22). The number of imidazole rings is 1. The fourth-order valence-electron chi connectivity index (χ4n) is 2.58. The van der Waals surface area contributed by atoms with E-state index in [0.29, 0.717) is 29.2 Å². The third kappa shape index (κ3) is 4.08. The largest absolute Gasteiger partial charge is 0.356 e. The number of nitrogens with zero attached hydrogens (tertiary/aromatic N) is 3. The van der Waals surface area contributed by atoms with Crippen LogP contribution in [0.15, 0.2) is 35.3 Å². The first-order chi connectivity index (χ1) is 12.1. The lowest BCUT2D eigenvalue weighted by Gasteiger charge is -2.12. The minimum absolute atomic E-state index is 0.534. The van der Waals surface area contributed by atoms with Gasteiger partial charge in [-0.2, -0.15) is 0 Å². The van der Waals surface area contributed by atoms with E-state index in [1.807, 2.05) is 41.9 Å². The van der Waals surface area contributed by atoms with Crippen molar-refractivity contribution in [1.82, 2.24) is 25.2 Å². The van der Waals surface area contributed by atoms with E-state index in [9.17, 15) is 0 Å². The molecule has 0 unspecified atom stereocenters. The maximum absolute atomic E-state index is 6.08. The third-order valence-electron chi connectivity index (χ3n) is 3.97. The van der Waals surface area contributed by atoms with Crippen LogP contribution in [0, 0.1) is 0 Å². The Labute approximate surface area is 156 Å². The summed E-state index contributed by atoms with van der Waals surface area (Å²) in [5.74, 6) is 1.66. The number of H-pyrrole nitrogens is 1. The molecular weight excluding hydrogens is 359 g/mol. The zero-order valence-corrected chi connectivity index (χ0v) is 15.6. The van der Waals surface area contributed by atoms with Crippen LogP contribution in [-0.2, 0) is 20.0 Å². The average Bonchev–Trinajstić information content (AvgIpc) is 3.14. The Hall–Kier alpha value is -2.18. The number of aromatic amines is 1. The molecule has 25 heavy (non-hydrogen) atoms. The number of rotatable bonds is 5. The maximum Gasteiger partial charge on any atom is 0.191 e. The molecule has 0 radical (unpaired) electrons. The molecule has 3 aromatic rings. The molecule has 0 spiro atoms. The van der Waals surface area contributed by atoms with E-state index < -0.39 is 0 Å². The summed E-state index contributed by atoms with van der Waals surface area (Å²) in [6.45, 7) is 1.29. The van der Waals surface area contributed by atoms with Gasteiger partial charge in [0.15, 0.2) is 5.96 Å². The minimum Gasteiger partial charge on any atom is -0.356 e. The maximum atomic E-state index is 6.08. The van der Waals surface area contributed by atoms with Gasteiger partial charge >= 0.3 is 0 Å². The number of guanidine groups is 1. The van der Waals surface area contributed by atoms with Gasteiger partial charge in [-0.3, -0.25) is 4.99 Å². The van der Waals surface area contributed by atoms with E-state index in [2.05, 4.69) is 25.6 Å². The molecule has 0 aliphatic heterocycles. The van der Waals surface area contributed by atoms with Gasteiger partial charge in [-0.15, -0.1) is 0 Å². The highest BCUT2D eigenvalue weighted by Crippen LogP contribution is 2.24. The average molecular weight is 379 g/mol. The Morgan fingerprint density at radius 2 is 2.08 bits per heavy atom. The number of fused-ring (bicyclic) bond motifs is 1. The first kappa shape index (κ1) is 17.6. The quantitative estimate of drug-likeness (QED) is 0.471. The van der Waals surface area contributed by atoms with E-state index in [-0.39, 0.29) is 0 Å². The molecule has 132 valence electrons. The molecular formula is C17H20Cl2N6. The molecule has 0 aliphatic carbocycles. The summed E-state index contributed by atoms with van der Waals surface area (Å²) in [6.07, 6.45) is 0.775. The van der Waals surface area contributed by atoms with Crippen LogP contribution >= 0.6 is 23.2 Å². The topological polar surface area (TPSA) is 70.0 Å². The SMILES string of the molecule is CN=C(NCCc1nc2ccccc2[nH]1)NCc1cc(Cl)c(Cl)n1C. The van der Waals surface area contributed by atoms with Crippen LogP contribution in [0.1, 0.15) is 11.5 Å². The first-order valence-corrected chi connectivity index (χ1v) is 8.72. The molecule has 8 heteroatoms. The lowest BCUT2D eigenvalue weighted by atomic mass is 10.3. The Bertz CT molecular complexity index is 863. The van der Waals surface area contributed by atoms with Crippen molar-refractivity contribution >= 4 is 40.2 Å². The van der Waals surface area contributed by atoms with E-state index in [0.717, 1.165) is 29.0 Å². The van der Waals surface area contributed by atoms with E-state index in [1.54, 1.807) is 7.05 Å². The molecule has 2 aromatic heterocycles. The molecule has 0 bridgehead atoms. The van der Waals surface area contributed by atoms with Crippen LogP contribution in [0.5, 0.6) is 0 Å². The van der Waals surface area contributed by atoms with Crippen LogP contribution in [-0.4, -0.2) is 34.1 Å². The van der Waals surface area contributed by atoms with Crippen LogP contribution < -0.4 is 10.6 Å². The van der Waals surface area contributed by atoms with Gasteiger partial charge in [-0.25, -0.2) is 4.98 Å². The summed E-state index contributed by atoms with van der Waals surface area (Å²) in [5.41, 5.74) is 3.02. The van der Waals surface area contributed by atoms with Gasteiger partial charge < -0.3 is 20.2 Å². The highest BCUT2D eigenvalue weighted by Gasteiger charge is 2.09. The lowest BCUT2D eigenvalue weighted by molar-refractivity contribution is 0.741. The molecule has 0 atom stereocenters. The second-order valence-corrected chi connectivity index (χ2v) is 6.40. The molecule has 3 rings (SSSR count). The normalized spacial score (nSPS) is 11.9. The van der Waals surface area contributed by atoms with E-state index in [1.165, 1.54) is 0 Å². The van der Waals surface area contributed by atoms with Crippen molar-refractivity contribution in [2.45, 2.75) is 13.0 Å². The Kier molecular flexibility index (Phi) is 5.50. The van der Waals surface area contributed by atoms with Gasteiger partial charge in [-0.05, 0) is 18.2 Å². The van der Waals surface area contributed by atoms with Gasteiger partial charge in [0.25, 0.3) is 0 Å². The predicted molar refractivity (Wildman–Crippen MR) is 103 cm³/mol. The zero-order chi connectivity index (χ0) is 17.8.